The van der Waals surface area contributed by atoms with Crippen LogP contribution in [-0.2, 0) is 17.8 Å². The topological polar surface area (TPSA) is 79.5 Å². The average Bonchev–Trinajstić information content (AvgIpc) is 3.00. The van der Waals surface area contributed by atoms with Gasteiger partial charge in [0, 0.05) is 12.5 Å². The van der Waals surface area contributed by atoms with Gasteiger partial charge in [0.25, 0.3) is 0 Å². The summed E-state index contributed by atoms with van der Waals surface area (Å²) < 4.78 is 5.15. The van der Waals surface area contributed by atoms with Crippen LogP contribution in [0.25, 0.3) is 0 Å². The average molecular weight is 253 g/mol. The van der Waals surface area contributed by atoms with Crippen LogP contribution in [0.4, 0.5) is 0 Å². The lowest BCUT2D eigenvalue weighted by Gasteiger charge is -2.16. The summed E-state index contributed by atoms with van der Waals surface area (Å²) in [5, 5.41) is 12.8. The molecule has 1 aromatic heterocycles. The van der Waals surface area contributed by atoms with Crippen molar-refractivity contribution < 1.29 is 14.4 Å². The molecule has 1 fully saturated rings. The van der Waals surface area contributed by atoms with Crippen LogP contribution in [0.15, 0.2) is 4.52 Å². The van der Waals surface area contributed by atoms with Crippen LogP contribution < -0.4 is 0 Å². The van der Waals surface area contributed by atoms with E-state index in [0.717, 1.165) is 19.3 Å². The Balaban J connectivity index is 1.93. The third-order valence-corrected chi connectivity index (χ3v) is 2.84. The molecule has 1 aromatic rings. The highest BCUT2D eigenvalue weighted by Crippen LogP contribution is 2.27. The highest BCUT2D eigenvalue weighted by Gasteiger charge is 2.31. The summed E-state index contributed by atoms with van der Waals surface area (Å²) in [7, 11) is 0. The molecule has 1 aliphatic carbocycles. The van der Waals surface area contributed by atoms with Gasteiger partial charge in [-0.25, -0.2) is 0 Å². The number of hydrogen-bond acceptors (Lipinski definition) is 5. The van der Waals surface area contributed by atoms with Crippen molar-refractivity contribution in [3.05, 3.63) is 11.7 Å². The number of hydrogen-bond donors (Lipinski definition) is 1. The number of nitrogens with zero attached hydrogens (tertiary/aromatic N) is 3. The predicted octanol–water partition coefficient (Wildman–Crippen LogP) is 1.32. The van der Waals surface area contributed by atoms with Gasteiger partial charge in [-0.15, -0.1) is 0 Å². The normalized spacial score (nSPS) is 15.6. The molecule has 0 aromatic carbocycles. The van der Waals surface area contributed by atoms with Crippen molar-refractivity contribution in [2.45, 2.75) is 45.7 Å². The highest BCUT2D eigenvalue weighted by molar-refractivity contribution is 5.69. The summed E-state index contributed by atoms with van der Waals surface area (Å²) >= 11 is 0. The molecule has 6 heteroatoms. The van der Waals surface area contributed by atoms with Gasteiger partial charge >= 0.3 is 5.97 Å². The minimum atomic E-state index is -0.812. The van der Waals surface area contributed by atoms with Gasteiger partial charge in [-0.1, -0.05) is 19.0 Å². The van der Waals surface area contributed by atoms with Crippen LogP contribution in [0, 0.1) is 5.92 Å². The van der Waals surface area contributed by atoms with Gasteiger partial charge in [0.05, 0.1) is 13.1 Å². The van der Waals surface area contributed by atoms with Gasteiger partial charge in [-0.2, -0.15) is 4.98 Å². The van der Waals surface area contributed by atoms with Crippen LogP contribution in [0.3, 0.4) is 0 Å². The fourth-order valence-corrected chi connectivity index (χ4v) is 1.90. The van der Waals surface area contributed by atoms with Crippen molar-refractivity contribution in [3.8, 4) is 0 Å². The molecular formula is C12H19N3O3. The maximum atomic E-state index is 10.8. The number of carbonyl (C=O) groups is 1. The molecule has 0 radical (unpaired) electrons. The number of carboxylic acids is 1. The zero-order chi connectivity index (χ0) is 13.1. The lowest BCUT2D eigenvalue weighted by molar-refractivity contribution is -0.138. The second-order valence-electron chi connectivity index (χ2n) is 5.23. The van der Waals surface area contributed by atoms with E-state index in [1.54, 1.807) is 0 Å². The molecule has 2 rings (SSSR count). The van der Waals surface area contributed by atoms with E-state index >= 15 is 0 Å². The minimum absolute atomic E-state index is 0.0404. The summed E-state index contributed by atoms with van der Waals surface area (Å²) in [4.78, 5) is 17.0. The molecule has 0 unspecified atom stereocenters. The SMILES string of the molecule is CC(C)Cc1nc(CN(CC(=O)O)C2CC2)no1. The van der Waals surface area contributed by atoms with Crippen molar-refractivity contribution in [1.29, 1.82) is 0 Å². The van der Waals surface area contributed by atoms with E-state index in [4.69, 9.17) is 9.63 Å². The third-order valence-electron chi connectivity index (χ3n) is 2.84. The van der Waals surface area contributed by atoms with Crippen LogP contribution in [-0.4, -0.2) is 38.7 Å². The van der Waals surface area contributed by atoms with Gasteiger partial charge in [-0.05, 0) is 18.8 Å². The lowest BCUT2D eigenvalue weighted by Crippen LogP contribution is -2.31. The summed E-state index contributed by atoms with van der Waals surface area (Å²) in [5.41, 5.74) is 0. The first-order chi connectivity index (χ1) is 8.54. The maximum Gasteiger partial charge on any atom is 0.317 e. The highest BCUT2D eigenvalue weighted by atomic mass is 16.5. The van der Waals surface area contributed by atoms with Gasteiger partial charge in [0.15, 0.2) is 5.82 Å². The largest absolute Gasteiger partial charge is 0.480 e. The molecule has 0 aliphatic heterocycles. The van der Waals surface area contributed by atoms with Gasteiger partial charge < -0.3 is 9.63 Å². The van der Waals surface area contributed by atoms with E-state index < -0.39 is 5.97 Å². The van der Waals surface area contributed by atoms with E-state index in [-0.39, 0.29) is 6.54 Å². The molecule has 100 valence electrons. The van der Waals surface area contributed by atoms with Crippen LogP contribution in [0.1, 0.15) is 38.4 Å². The van der Waals surface area contributed by atoms with E-state index in [0.29, 0.717) is 30.2 Å². The van der Waals surface area contributed by atoms with E-state index in [1.165, 1.54) is 0 Å². The van der Waals surface area contributed by atoms with Gasteiger partial charge in [-0.3, -0.25) is 9.69 Å². The summed E-state index contributed by atoms with van der Waals surface area (Å²) in [6, 6.07) is 0.369. The Kier molecular flexibility index (Phi) is 3.96. The standard InChI is InChI=1S/C12H19N3O3/c1-8(2)5-11-13-10(14-18-11)6-15(7-12(16)17)9-3-4-9/h8-9H,3-7H2,1-2H3,(H,16,17). The summed E-state index contributed by atoms with van der Waals surface area (Å²) in [6.07, 6.45) is 2.88. The monoisotopic (exact) mass is 253 g/mol. The molecule has 0 atom stereocenters. The smallest absolute Gasteiger partial charge is 0.317 e. The summed E-state index contributed by atoms with van der Waals surface area (Å²) in [5.74, 6) is 0.870. The van der Waals surface area contributed by atoms with E-state index in [1.807, 2.05) is 4.90 Å². The Hall–Kier alpha value is -1.43. The molecule has 0 saturated heterocycles. The van der Waals surface area contributed by atoms with Crippen molar-refractivity contribution in [2.75, 3.05) is 6.54 Å². The molecule has 0 bridgehead atoms. The zero-order valence-corrected chi connectivity index (χ0v) is 10.8. The number of carboxylic acid groups (broad SMARTS) is 1. The first kappa shape index (κ1) is 13.0. The first-order valence-corrected chi connectivity index (χ1v) is 6.32. The van der Waals surface area contributed by atoms with Gasteiger partial charge in [0.2, 0.25) is 5.89 Å². The van der Waals surface area contributed by atoms with Crippen molar-refractivity contribution in [1.82, 2.24) is 15.0 Å². The molecular weight excluding hydrogens is 234 g/mol. The maximum absolute atomic E-state index is 10.8. The zero-order valence-electron chi connectivity index (χ0n) is 10.8. The predicted molar refractivity (Wildman–Crippen MR) is 63.9 cm³/mol. The molecule has 0 amide bonds. The number of aliphatic carboxylic acids is 1. The summed E-state index contributed by atoms with van der Waals surface area (Å²) in [6.45, 7) is 4.67. The number of aromatic nitrogens is 2. The second kappa shape index (κ2) is 5.48. The Morgan fingerprint density at radius 3 is 2.83 bits per heavy atom. The number of rotatable bonds is 7. The Morgan fingerprint density at radius 2 is 2.28 bits per heavy atom. The van der Waals surface area contributed by atoms with Gasteiger partial charge in [0.1, 0.15) is 0 Å². The minimum Gasteiger partial charge on any atom is -0.480 e. The van der Waals surface area contributed by atoms with Crippen LogP contribution >= 0.6 is 0 Å². The molecule has 1 heterocycles. The van der Waals surface area contributed by atoms with Crippen molar-refractivity contribution in [3.63, 3.8) is 0 Å². The molecule has 6 nitrogen and oxygen atoms in total. The Bertz CT molecular complexity index is 412. The quantitative estimate of drug-likeness (QED) is 0.789. The van der Waals surface area contributed by atoms with Crippen molar-refractivity contribution in [2.24, 2.45) is 5.92 Å². The van der Waals surface area contributed by atoms with E-state index in [9.17, 15) is 4.79 Å². The fourth-order valence-electron chi connectivity index (χ4n) is 1.90. The Morgan fingerprint density at radius 1 is 1.56 bits per heavy atom. The van der Waals surface area contributed by atoms with E-state index in [2.05, 4.69) is 24.0 Å². The molecule has 1 aliphatic rings. The molecule has 18 heavy (non-hydrogen) atoms. The molecule has 1 saturated carbocycles. The Labute approximate surface area is 106 Å². The molecule has 1 N–H and O–H groups in total. The third kappa shape index (κ3) is 3.80. The first-order valence-electron chi connectivity index (χ1n) is 6.32. The van der Waals surface area contributed by atoms with Crippen molar-refractivity contribution >= 4 is 5.97 Å². The fraction of sp³-hybridized carbons (Fsp3) is 0.750. The van der Waals surface area contributed by atoms with Crippen LogP contribution in [0.5, 0.6) is 0 Å². The second-order valence-corrected chi connectivity index (χ2v) is 5.23. The lowest BCUT2D eigenvalue weighted by atomic mass is 10.1. The molecule has 0 spiro atoms. The van der Waals surface area contributed by atoms with Crippen LogP contribution in [0.2, 0.25) is 0 Å².